The van der Waals surface area contributed by atoms with Crippen LogP contribution in [0.25, 0.3) is 11.3 Å². The summed E-state index contributed by atoms with van der Waals surface area (Å²) in [6.45, 7) is 5.29. The van der Waals surface area contributed by atoms with Gasteiger partial charge in [0.15, 0.2) is 0 Å². The van der Waals surface area contributed by atoms with Crippen LogP contribution >= 0.6 is 0 Å². The van der Waals surface area contributed by atoms with E-state index in [1.807, 2.05) is 19.1 Å². The summed E-state index contributed by atoms with van der Waals surface area (Å²) < 4.78 is 15.3. The minimum atomic E-state index is -0.192. The molecule has 1 aliphatic rings. The molecule has 2 heterocycles. The maximum atomic E-state index is 13.0. The molecule has 0 spiro atoms. The van der Waals surface area contributed by atoms with Crippen LogP contribution in [0.15, 0.2) is 24.3 Å². The van der Waals surface area contributed by atoms with Crippen LogP contribution in [-0.4, -0.2) is 9.55 Å². The van der Waals surface area contributed by atoms with Crippen molar-refractivity contribution in [2.75, 3.05) is 0 Å². The van der Waals surface area contributed by atoms with Gasteiger partial charge in [-0.05, 0) is 44.0 Å². The smallest absolute Gasteiger partial charge is 0.123 e. The third kappa shape index (κ3) is 1.74. The van der Waals surface area contributed by atoms with Crippen molar-refractivity contribution in [3.05, 3.63) is 41.6 Å². The van der Waals surface area contributed by atoms with Gasteiger partial charge in [0.2, 0.25) is 0 Å². The van der Waals surface area contributed by atoms with E-state index in [2.05, 4.69) is 11.5 Å². The zero-order chi connectivity index (χ0) is 12.7. The summed E-state index contributed by atoms with van der Waals surface area (Å²) in [5.74, 6) is 1.51. The van der Waals surface area contributed by atoms with Crippen LogP contribution < -0.4 is 0 Å². The zero-order valence-corrected chi connectivity index (χ0v) is 10.8. The molecule has 1 aromatic carbocycles. The summed E-state index contributed by atoms with van der Waals surface area (Å²) in [4.78, 5) is 4.70. The Labute approximate surface area is 106 Å². The van der Waals surface area contributed by atoms with Crippen molar-refractivity contribution in [3.8, 4) is 11.3 Å². The summed E-state index contributed by atoms with van der Waals surface area (Å²) in [6.07, 6.45) is 2.40. The topological polar surface area (TPSA) is 17.8 Å². The molecule has 94 valence electrons. The van der Waals surface area contributed by atoms with E-state index >= 15 is 0 Å². The number of fused-ring (bicyclic) bond motifs is 1. The lowest BCUT2D eigenvalue weighted by atomic mass is 10.0. The minimum Gasteiger partial charge on any atom is -0.328 e. The van der Waals surface area contributed by atoms with Crippen LogP contribution in [0.4, 0.5) is 4.39 Å². The Kier molecular flexibility index (Phi) is 2.69. The first-order valence-electron chi connectivity index (χ1n) is 6.50. The molecule has 0 saturated carbocycles. The van der Waals surface area contributed by atoms with Crippen molar-refractivity contribution in [1.82, 2.24) is 9.55 Å². The Morgan fingerprint density at radius 3 is 2.72 bits per heavy atom. The molecule has 0 amide bonds. The van der Waals surface area contributed by atoms with Crippen molar-refractivity contribution in [3.63, 3.8) is 0 Å². The fourth-order valence-corrected chi connectivity index (χ4v) is 2.85. The van der Waals surface area contributed by atoms with Crippen molar-refractivity contribution < 1.29 is 4.39 Å². The first-order valence-corrected chi connectivity index (χ1v) is 6.50. The van der Waals surface area contributed by atoms with E-state index in [4.69, 9.17) is 4.98 Å². The van der Waals surface area contributed by atoms with Crippen molar-refractivity contribution in [2.45, 2.75) is 39.2 Å². The first kappa shape index (κ1) is 11.5. The highest BCUT2D eigenvalue weighted by atomic mass is 19.1. The van der Waals surface area contributed by atoms with Gasteiger partial charge >= 0.3 is 0 Å². The van der Waals surface area contributed by atoms with E-state index in [1.165, 1.54) is 30.8 Å². The maximum absolute atomic E-state index is 13.0. The third-order valence-corrected chi connectivity index (χ3v) is 3.75. The number of rotatable bonds is 1. The van der Waals surface area contributed by atoms with Gasteiger partial charge in [-0.25, -0.2) is 9.37 Å². The molecule has 2 nitrogen and oxygen atoms in total. The first-order chi connectivity index (χ1) is 8.66. The van der Waals surface area contributed by atoms with E-state index in [-0.39, 0.29) is 5.82 Å². The van der Waals surface area contributed by atoms with Crippen molar-refractivity contribution in [2.24, 2.45) is 0 Å². The Morgan fingerprint density at radius 1 is 1.28 bits per heavy atom. The van der Waals surface area contributed by atoms with Crippen molar-refractivity contribution in [1.29, 1.82) is 0 Å². The molecule has 1 aliphatic heterocycles. The number of hydrogen-bond acceptors (Lipinski definition) is 1. The Bertz CT molecular complexity index is 569. The van der Waals surface area contributed by atoms with E-state index in [9.17, 15) is 4.39 Å². The number of hydrogen-bond donors (Lipinski definition) is 0. The van der Waals surface area contributed by atoms with Gasteiger partial charge in [-0.15, -0.1) is 0 Å². The van der Waals surface area contributed by atoms with Gasteiger partial charge in [-0.3, -0.25) is 0 Å². The van der Waals surface area contributed by atoms with Gasteiger partial charge in [-0.2, -0.15) is 0 Å². The summed E-state index contributed by atoms with van der Waals surface area (Å²) in [7, 11) is 0. The molecule has 0 aliphatic carbocycles. The van der Waals surface area contributed by atoms with Crippen LogP contribution in [-0.2, 0) is 6.54 Å². The van der Waals surface area contributed by atoms with Crippen molar-refractivity contribution >= 4 is 0 Å². The molecule has 3 rings (SSSR count). The molecule has 0 radical (unpaired) electrons. The lowest BCUT2D eigenvalue weighted by molar-refractivity contribution is 0.466. The van der Waals surface area contributed by atoms with Crippen LogP contribution in [0.5, 0.6) is 0 Å². The van der Waals surface area contributed by atoms with Crippen LogP contribution in [0.3, 0.4) is 0 Å². The molecule has 1 atom stereocenters. The normalized spacial score (nSPS) is 18.7. The number of aryl methyl sites for hydroxylation is 1. The summed E-state index contributed by atoms with van der Waals surface area (Å²) >= 11 is 0. The SMILES string of the molecule is Cc1nc2n(c1-c1ccc(F)cc1)CCCC2C. The van der Waals surface area contributed by atoms with Gasteiger partial charge in [0.05, 0.1) is 11.4 Å². The molecule has 18 heavy (non-hydrogen) atoms. The van der Waals surface area contributed by atoms with Gasteiger partial charge < -0.3 is 4.57 Å². The Hall–Kier alpha value is -1.64. The van der Waals surface area contributed by atoms with Crippen LogP contribution in [0.2, 0.25) is 0 Å². The lowest BCUT2D eigenvalue weighted by Gasteiger charge is -2.21. The molecular weight excluding hydrogens is 227 g/mol. The zero-order valence-electron chi connectivity index (χ0n) is 10.8. The number of halogens is 1. The van der Waals surface area contributed by atoms with E-state index in [0.717, 1.165) is 23.5 Å². The van der Waals surface area contributed by atoms with Gasteiger partial charge in [0.1, 0.15) is 11.6 Å². The lowest BCUT2D eigenvalue weighted by Crippen LogP contribution is -2.14. The number of imidazole rings is 1. The Morgan fingerprint density at radius 2 is 2.00 bits per heavy atom. The fraction of sp³-hybridized carbons (Fsp3) is 0.400. The molecule has 1 aromatic heterocycles. The van der Waals surface area contributed by atoms with Gasteiger partial charge in [-0.1, -0.05) is 6.92 Å². The molecule has 0 fully saturated rings. The summed E-state index contributed by atoms with van der Waals surface area (Å²) in [6, 6.07) is 6.71. The predicted molar refractivity (Wildman–Crippen MR) is 70.0 cm³/mol. The highest BCUT2D eigenvalue weighted by Gasteiger charge is 2.23. The second-order valence-corrected chi connectivity index (χ2v) is 5.11. The molecule has 0 N–H and O–H groups in total. The largest absolute Gasteiger partial charge is 0.328 e. The second kappa shape index (κ2) is 4.23. The molecule has 0 saturated heterocycles. The molecule has 0 bridgehead atoms. The highest BCUT2D eigenvalue weighted by Crippen LogP contribution is 2.33. The number of nitrogens with zero attached hydrogens (tertiary/aromatic N) is 2. The average Bonchev–Trinajstić information content (AvgIpc) is 2.69. The molecule has 1 unspecified atom stereocenters. The van der Waals surface area contributed by atoms with E-state index < -0.39 is 0 Å². The maximum Gasteiger partial charge on any atom is 0.123 e. The summed E-state index contributed by atoms with van der Waals surface area (Å²) in [5.41, 5.74) is 3.25. The van der Waals surface area contributed by atoms with Crippen LogP contribution in [0, 0.1) is 12.7 Å². The third-order valence-electron chi connectivity index (χ3n) is 3.75. The average molecular weight is 244 g/mol. The predicted octanol–water partition coefficient (Wildman–Crippen LogP) is 3.89. The fourth-order valence-electron chi connectivity index (χ4n) is 2.85. The molecule has 3 heteroatoms. The van der Waals surface area contributed by atoms with Gasteiger partial charge in [0, 0.05) is 18.0 Å². The monoisotopic (exact) mass is 244 g/mol. The van der Waals surface area contributed by atoms with Crippen LogP contribution in [0.1, 0.15) is 37.2 Å². The van der Waals surface area contributed by atoms with E-state index in [0.29, 0.717) is 5.92 Å². The summed E-state index contributed by atoms with van der Waals surface area (Å²) in [5, 5.41) is 0. The highest BCUT2D eigenvalue weighted by molar-refractivity contribution is 5.63. The van der Waals surface area contributed by atoms with E-state index in [1.54, 1.807) is 0 Å². The number of benzene rings is 1. The second-order valence-electron chi connectivity index (χ2n) is 5.11. The standard InChI is InChI=1S/C15H17FN2/c1-10-4-3-9-18-14(11(2)17-15(10)18)12-5-7-13(16)8-6-12/h5-8,10H,3-4,9H2,1-2H3. The van der Waals surface area contributed by atoms with Gasteiger partial charge in [0.25, 0.3) is 0 Å². The Balaban J connectivity index is 2.15. The number of aromatic nitrogens is 2. The molecular formula is C15H17FN2. The molecule has 2 aromatic rings. The minimum absolute atomic E-state index is 0.192. The quantitative estimate of drug-likeness (QED) is 0.744.